The SMILES string of the molecule is C[C@@H]1CC2C3CCC4=CC(=O)C=CC4(C)[C@@]3(F)[C@@H](O)CC2(C)[C@@]1(O)C(=O)COc1ccc(Cl)cc1Cl. The van der Waals surface area contributed by atoms with Crippen molar-refractivity contribution in [1.82, 2.24) is 0 Å². The lowest BCUT2D eigenvalue weighted by molar-refractivity contribution is -0.219. The molecule has 0 bridgehead atoms. The molecule has 5 rings (SSSR count). The summed E-state index contributed by atoms with van der Waals surface area (Å²) < 4.78 is 22.9. The summed E-state index contributed by atoms with van der Waals surface area (Å²) in [5, 5.41) is 24.1. The quantitative estimate of drug-likeness (QED) is 0.546. The van der Waals surface area contributed by atoms with Gasteiger partial charge in [0.25, 0.3) is 0 Å². The summed E-state index contributed by atoms with van der Waals surface area (Å²) in [5.41, 5.74) is -5.30. The lowest BCUT2D eigenvalue weighted by atomic mass is 9.44. The molecule has 4 aliphatic carbocycles. The Morgan fingerprint density at radius 3 is 2.67 bits per heavy atom. The van der Waals surface area contributed by atoms with Crippen molar-refractivity contribution in [3.05, 3.63) is 52.0 Å². The molecule has 3 fully saturated rings. The molecule has 4 unspecified atom stereocenters. The number of hydrogen-bond acceptors (Lipinski definition) is 5. The Balaban J connectivity index is 1.47. The standard InChI is InChI=1S/C28H31Cl2FO5/c1-15-10-20-19-6-4-16-11-18(32)8-9-25(16,2)27(19,31)23(33)13-26(20,3)28(15,35)24(34)14-36-22-7-5-17(29)12-21(22)30/h5,7-9,11-12,15,19-20,23,33,35H,4,6,10,13-14H2,1-3H3/t15-,19?,20?,23+,25?,26?,27+,28+/m1/s1. The average molecular weight is 537 g/mol. The van der Waals surface area contributed by atoms with Gasteiger partial charge >= 0.3 is 0 Å². The number of alkyl halides is 1. The number of carbonyl (C=O) groups excluding carboxylic acids is 2. The zero-order chi connectivity index (χ0) is 26.3. The second kappa shape index (κ2) is 8.39. The number of ether oxygens (including phenoxy) is 1. The Bertz CT molecular complexity index is 1200. The first kappa shape index (κ1) is 25.9. The predicted molar refractivity (Wildman–Crippen MR) is 135 cm³/mol. The summed E-state index contributed by atoms with van der Waals surface area (Å²) in [7, 11) is 0. The van der Waals surface area contributed by atoms with Gasteiger partial charge in [-0.2, -0.15) is 0 Å². The molecule has 0 heterocycles. The highest BCUT2D eigenvalue weighted by atomic mass is 35.5. The fraction of sp³-hybridized carbons (Fsp3) is 0.571. The van der Waals surface area contributed by atoms with Crippen LogP contribution in [0.25, 0.3) is 0 Å². The fourth-order valence-electron chi connectivity index (χ4n) is 7.99. The Kier molecular flexibility index (Phi) is 6.03. The third-order valence-corrected chi connectivity index (χ3v) is 10.4. The second-order valence-corrected chi connectivity index (χ2v) is 12.3. The van der Waals surface area contributed by atoms with Crippen LogP contribution in [-0.2, 0) is 9.59 Å². The van der Waals surface area contributed by atoms with Crippen LogP contribution in [0, 0.1) is 28.6 Å². The smallest absolute Gasteiger partial charge is 0.202 e. The van der Waals surface area contributed by atoms with Crippen LogP contribution in [0.5, 0.6) is 5.75 Å². The van der Waals surface area contributed by atoms with E-state index in [2.05, 4.69) is 0 Å². The molecule has 0 saturated heterocycles. The van der Waals surface area contributed by atoms with E-state index in [1.54, 1.807) is 39.0 Å². The maximum absolute atomic E-state index is 17.2. The number of aliphatic hydroxyl groups excluding tert-OH is 1. The van der Waals surface area contributed by atoms with Gasteiger partial charge in [0, 0.05) is 21.8 Å². The van der Waals surface area contributed by atoms with Crippen LogP contribution < -0.4 is 4.74 Å². The van der Waals surface area contributed by atoms with E-state index in [4.69, 9.17) is 27.9 Å². The van der Waals surface area contributed by atoms with E-state index < -0.39 is 52.4 Å². The van der Waals surface area contributed by atoms with Crippen molar-refractivity contribution in [2.24, 2.45) is 28.6 Å². The lowest BCUT2D eigenvalue weighted by Crippen LogP contribution is -2.69. The number of allylic oxidation sites excluding steroid dienone is 4. The van der Waals surface area contributed by atoms with Crippen molar-refractivity contribution in [1.29, 1.82) is 0 Å². The number of Topliss-reactive ketones (excluding diaryl/α,β-unsaturated/α-hetero) is 1. The van der Waals surface area contributed by atoms with E-state index in [9.17, 15) is 19.8 Å². The van der Waals surface area contributed by atoms with Gasteiger partial charge in [-0.15, -0.1) is 0 Å². The van der Waals surface area contributed by atoms with E-state index in [0.717, 1.165) is 0 Å². The van der Waals surface area contributed by atoms with Gasteiger partial charge in [-0.25, -0.2) is 4.39 Å². The molecule has 4 aliphatic rings. The average Bonchev–Trinajstić information content (AvgIpc) is 3.01. The van der Waals surface area contributed by atoms with Crippen LogP contribution in [-0.4, -0.2) is 45.8 Å². The fourth-order valence-corrected chi connectivity index (χ4v) is 8.45. The topological polar surface area (TPSA) is 83.8 Å². The number of carbonyl (C=O) groups is 2. The maximum Gasteiger partial charge on any atom is 0.202 e. The van der Waals surface area contributed by atoms with Gasteiger partial charge < -0.3 is 14.9 Å². The summed E-state index contributed by atoms with van der Waals surface area (Å²) >= 11 is 12.1. The molecule has 0 aliphatic heterocycles. The number of fused-ring (bicyclic) bond motifs is 5. The Morgan fingerprint density at radius 1 is 1.25 bits per heavy atom. The van der Waals surface area contributed by atoms with Crippen LogP contribution in [0.15, 0.2) is 42.0 Å². The van der Waals surface area contributed by atoms with Gasteiger partial charge in [-0.05, 0) is 74.8 Å². The molecule has 5 nitrogen and oxygen atoms in total. The lowest BCUT2D eigenvalue weighted by Gasteiger charge is -2.62. The zero-order valence-corrected chi connectivity index (χ0v) is 22.1. The molecular weight excluding hydrogens is 506 g/mol. The number of benzene rings is 1. The van der Waals surface area contributed by atoms with Crippen LogP contribution in [0.1, 0.15) is 46.5 Å². The minimum atomic E-state index is -2.01. The first-order chi connectivity index (χ1) is 16.8. The number of hydrogen-bond donors (Lipinski definition) is 2. The summed E-state index contributed by atoms with van der Waals surface area (Å²) in [4.78, 5) is 25.6. The molecule has 0 spiro atoms. The molecule has 0 radical (unpaired) electrons. The molecule has 0 aromatic heterocycles. The molecule has 1 aromatic rings. The van der Waals surface area contributed by atoms with Crippen LogP contribution in [0.4, 0.5) is 4.39 Å². The van der Waals surface area contributed by atoms with Gasteiger partial charge in [-0.3, -0.25) is 9.59 Å². The maximum atomic E-state index is 17.2. The molecule has 1 aromatic carbocycles. The number of aliphatic hydroxyl groups is 2. The number of ketones is 2. The van der Waals surface area contributed by atoms with E-state index in [1.807, 2.05) is 0 Å². The molecular formula is C28H31Cl2FO5. The van der Waals surface area contributed by atoms with Crippen molar-refractivity contribution in [2.75, 3.05) is 6.61 Å². The highest BCUT2D eigenvalue weighted by Crippen LogP contribution is 2.70. The van der Waals surface area contributed by atoms with E-state index >= 15 is 4.39 Å². The zero-order valence-electron chi connectivity index (χ0n) is 20.6. The minimum Gasteiger partial charge on any atom is -0.484 e. The van der Waals surface area contributed by atoms with Gasteiger partial charge in [0.2, 0.25) is 5.78 Å². The molecule has 36 heavy (non-hydrogen) atoms. The van der Waals surface area contributed by atoms with E-state index in [1.165, 1.54) is 18.2 Å². The largest absolute Gasteiger partial charge is 0.484 e. The Labute approximate surface area is 220 Å². The summed E-state index contributed by atoms with van der Waals surface area (Å²) in [5.74, 6) is -1.80. The third kappa shape index (κ3) is 3.27. The molecule has 2 N–H and O–H groups in total. The van der Waals surface area contributed by atoms with Gasteiger partial charge in [0.05, 0.1) is 11.1 Å². The predicted octanol–water partition coefficient (Wildman–Crippen LogP) is 5.29. The van der Waals surface area contributed by atoms with Gasteiger partial charge in [0.15, 0.2) is 11.5 Å². The first-order valence-corrected chi connectivity index (χ1v) is 13.2. The van der Waals surface area contributed by atoms with Crippen molar-refractivity contribution < 1.29 is 28.9 Å². The summed E-state index contributed by atoms with van der Waals surface area (Å²) in [6.45, 7) is 4.93. The monoisotopic (exact) mass is 536 g/mol. The van der Waals surface area contributed by atoms with Crippen molar-refractivity contribution in [2.45, 2.75) is 63.8 Å². The van der Waals surface area contributed by atoms with Crippen molar-refractivity contribution >= 4 is 34.8 Å². The Morgan fingerprint density at radius 2 is 1.97 bits per heavy atom. The van der Waals surface area contributed by atoms with Gasteiger partial charge in [0.1, 0.15) is 18.0 Å². The second-order valence-electron chi connectivity index (χ2n) is 11.5. The minimum absolute atomic E-state index is 0.0798. The van der Waals surface area contributed by atoms with Crippen LogP contribution in [0.2, 0.25) is 10.0 Å². The molecule has 8 heteroatoms. The summed E-state index contributed by atoms with van der Waals surface area (Å²) in [6, 6.07) is 4.66. The highest BCUT2D eigenvalue weighted by Gasteiger charge is 2.75. The first-order valence-electron chi connectivity index (χ1n) is 12.4. The van der Waals surface area contributed by atoms with Crippen LogP contribution >= 0.6 is 23.2 Å². The Hall–Kier alpha value is -1.73. The van der Waals surface area contributed by atoms with Crippen molar-refractivity contribution in [3.8, 4) is 5.75 Å². The third-order valence-electron chi connectivity index (χ3n) is 9.90. The molecule has 3 saturated carbocycles. The highest BCUT2D eigenvalue weighted by molar-refractivity contribution is 6.35. The molecule has 8 atom stereocenters. The number of rotatable bonds is 4. The number of halogens is 3. The molecule has 194 valence electrons. The molecule has 0 amide bonds. The van der Waals surface area contributed by atoms with E-state index in [-0.39, 0.29) is 28.9 Å². The van der Waals surface area contributed by atoms with E-state index in [0.29, 0.717) is 29.9 Å². The summed E-state index contributed by atoms with van der Waals surface area (Å²) in [6.07, 6.45) is 4.38. The normalized spacial score (nSPS) is 43.3. The van der Waals surface area contributed by atoms with Crippen molar-refractivity contribution in [3.63, 3.8) is 0 Å². The van der Waals surface area contributed by atoms with Crippen LogP contribution in [0.3, 0.4) is 0 Å². The van der Waals surface area contributed by atoms with Gasteiger partial charge in [-0.1, -0.05) is 48.7 Å².